The van der Waals surface area contributed by atoms with Crippen LogP contribution in [0.1, 0.15) is 18.9 Å². The van der Waals surface area contributed by atoms with Gasteiger partial charge in [0.25, 0.3) is 5.91 Å². The first-order valence-corrected chi connectivity index (χ1v) is 10.2. The number of allylic oxidation sites excluding steroid dienone is 1. The lowest BCUT2D eigenvalue weighted by molar-refractivity contribution is -0.112. The maximum absolute atomic E-state index is 13.2. The standard InChI is InChI=1S/C22H26N2O2S/c1-3-20(24-13-15-26-16-14-24)21(27-19-7-5-4-6-8-19)22(25)23-18-11-9-17(2)10-12-18/h4-12H,3,13-16H2,1-2H3,(H,23,25)/b21-20+. The Labute approximate surface area is 165 Å². The molecule has 142 valence electrons. The SMILES string of the molecule is CC/C(=C(\Sc1ccccc1)C(=O)Nc1ccc(C)cc1)N1CCOCC1. The first-order valence-electron chi connectivity index (χ1n) is 9.34. The number of carbonyl (C=O) groups excluding carboxylic acids is 1. The zero-order valence-electron chi connectivity index (χ0n) is 15.9. The van der Waals surface area contributed by atoms with Crippen LogP contribution in [0.2, 0.25) is 0 Å². The van der Waals surface area contributed by atoms with E-state index in [9.17, 15) is 4.79 Å². The molecule has 0 bridgehead atoms. The van der Waals surface area contributed by atoms with Gasteiger partial charge in [0.15, 0.2) is 0 Å². The fourth-order valence-corrected chi connectivity index (χ4v) is 4.09. The highest BCUT2D eigenvalue weighted by Gasteiger charge is 2.22. The topological polar surface area (TPSA) is 41.6 Å². The van der Waals surface area contributed by atoms with Gasteiger partial charge in [-0.1, -0.05) is 54.6 Å². The molecule has 1 fully saturated rings. The van der Waals surface area contributed by atoms with Gasteiger partial charge in [0.05, 0.1) is 18.1 Å². The third-order valence-corrected chi connectivity index (χ3v) is 5.60. The number of rotatable bonds is 6. The predicted octanol–water partition coefficient (Wildman–Crippen LogP) is 4.68. The van der Waals surface area contributed by atoms with Gasteiger partial charge in [-0.3, -0.25) is 4.79 Å². The summed E-state index contributed by atoms with van der Waals surface area (Å²) in [5.74, 6) is -0.0592. The Morgan fingerprint density at radius 1 is 1.07 bits per heavy atom. The molecule has 0 saturated carbocycles. The summed E-state index contributed by atoms with van der Waals surface area (Å²) in [5, 5.41) is 3.07. The molecule has 0 radical (unpaired) electrons. The fraction of sp³-hybridized carbons (Fsp3) is 0.318. The number of aryl methyl sites for hydroxylation is 1. The summed E-state index contributed by atoms with van der Waals surface area (Å²) in [6, 6.07) is 18.0. The zero-order chi connectivity index (χ0) is 19.1. The van der Waals surface area contributed by atoms with Gasteiger partial charge in [-0.05, 0) is 37.6 Å². The Morgan fingerprint density at radius 2 is 1.74 bits per heavy atom. The van der Waals surface area contributed by atoms with Gasteiger partial charge in [0, 0.05) is 29.4 Å². The van der Waals surface area contributed by atoms with E-state index in [1.165, 1.54) is 17.3 Å². The minimum atomic E-state index is -0.0592. The van der Waals surface area contributed by atoms with Crippen LogP contribution >= 0.6 is 11.8 Å². The molecule has 1 aliphatic heterocycles. The Bertz CT molecular complexity index is 782. The van der Waals surface area contributed by atoms with Crippen molar-refractivity contribution in [2.75, 3.05) is 31.6 Å². The van der Waals surface area contributed by atoms with Gasteiger partial charge in [-0.25, -0.2) is 0 Å². The number of nitrogens with zero attached hydrogens (tertiary/aromatic N) is 1. The van der Waals surface area contributed by atoms with Crippen LogP contribution in [-0.4, -0.2) is 37.1 Å². The summed E-state index contributed by atoms with van der Waals surface area (Å²) < 4.78 is 5.49. The molecule has 4 nitrogen and oxygen atoms in total. The van der Waals surface area contributed by atoms with E-state index < -0.39 is 0 Å². The van der Waals surface area contributed by atoms with Crippen molar-refractivity contribution in [1.82, 2.24) is 4.90 Å². The lowest BCUT2D eigenvalue weighted by Crippen LogP contribution is -2.36. The van der Waals surface area contributed by atoms with Crippen molar-refractivity contribution in [2.24, 2.45) is 0 Å². The second-order valence-corrected chi connectivity index (χ2v) is 7.55. The Balaban J connectivity index is 1.90. The number of thioether (sulfide) groups is 1. The second-order valence-electron chi connectivity index (χ2n) is 6.46. The number of morpholine rings is 1. The first-order chi connectivity index (χ1) is 13.2. The molecule has 0 aliphatic carbocycles. The molecular formula is C22H26N2O2S. The van der Waals surface area contributed by atoms with Crippen molar-refractivity contribution < 1.29 is 9.53 Å². The lowest BCUT2D eigenvalue weighted by atomic mass is 10.2. The van der Waals surface area contributed by atoms with Crippen molar-refractivity contribution in [2.45, 2.75) is 25.2 Å². The molecule has 0 aromatic heterocycles. The van der Waals surface area contributed by atoms with E-state index in [-0.39, 0.29) is 5.91 Å². The average Bonchev–Trinajstić information content (AvgIpc) is 2.71. The van der Waals surface area contributed by atoms with Crippen LogP contribution in [0.3, 0.4) is 0 Å². The maximum atomic E-state index is 13.2. The van der Waals surface area contributed by atoms with Gasteiger partial charge < -0.3 is 15.0 Å². The minimum Gasteiger partial charge on any atom is -0.378 e. The smallest absolute Gasteiger partial charge is 0.264 e. The molecular weight excluding hydrogens is 356 g/mol. The van der Waals surface area contributed by atoms with E-state index in [1.807, 2.05) is 61.5 Å². The van der Waals surface area contributed by atoms with Gasteiger partial charge in [-0.2, -0.15) is 0 Å². The molecule has 2 aromatic rings. The molecule has 0 atom stereocenters. The Morgan fingerprint density at radius 3 is 2.37 bits per heavy atom. The summed E-state index contributed by atoms with van der Waals surface area (Å²) in [4.78, 5) is 17.3. The summed E-state index contributed by atoms with van der Waals surface area (Å²) in [6.45, 7) is 7.18. The molecule has 0 unspecified atom stereocenters. The number of benzene rings is 2. The normalized spacial score (nSPS) is 15.3. The third kappa shape index (κ3) is 5.37. The van der Waals surface area contributed by atoms with Gasteiger partial charge in [-0.15, -0.1) is 0 Å². The van der Waals surface area contributed by atoms with Crippen LogP contribution < -0.4 is 5.32 Å². The summed E-state index contributed by atoms with van der Waals surface area (Å²) in [5.41, 5.74) is 3.07. The van der Waals surface area contributed by atoms with E-state index in [1.54, 1.807) is 0 Å². The van der Waals surface area contributed by atoms with Crippen molar-refractivity contribution >= 4 is 23.4 Å². The molecule has 0 spiro atoms. The maximum Gasteiger partial charge on any atom is 0.264 e. The van der Waals surface area contributed by atoms with Gasteiger partial charge >= 0.3 is 0 Å². The van der Waals surface area contributed by atoms with Crippen LogP contribution in [0, 0.1) is 6.92 Å². The number of carbonyl (C=O) groups is 1. The molecule has 1 N–H and O–H groups in total. The highest BCUT2D eigenvalue weighted by molar-refractivity contribution is 8.04. The van der Waals surface area contributed by atoms with Gasteiger partial charge in [0.2, 0.25) is 0 Å². The largest absolute Gasteiger partial charge is 0.378 e. The number of hydrogen-bond donors (Lipinski definition) is 1. The summed E-state index contributed by atoms with van der Waals surface area (Å²) in [6.07, 6.45) is 0.802. The Kier molecular flexibility index (Phi) is 6.96. The van der Waals surface area contributed by atoms with Crippen LogP contribution in [0.5, 0.6) is 0 Å². The molecule has 1 aliphatic rings. The molecule has 27 heavy (non-hydrogen) atoms. The number of amides is 1. The fourth-order valence-electron chi connectivity index (χ4n) is 3.03. The first kappa shape index (κ1) is 19.5. The Hall–Kier alpha value is -2.24. The molecule has 1 saturated heterocycles. The van der Waals surface area contributed by atoms with E-state index in [0.29, 0.717) is 13.2 Å². The van der Waals surface area contributed by atoms with Crippen LogP contribution in [0.15, 0.2) is 70.1 Å². The third-order valence-electron chi connectivity index (χ3n) is 4.47. The van der Waals surface area contributed by atoms with Crippen molar-refractivity contribution in [3.63, 3.8) is 0 Å². The van der Waals surface area contributed by atoms with Crippen molar-refractivity contribution in [3.8, 4) is 0 Å². The summed E-state index contributed by atoms with van der Waals surface area (Å²) >= 11 is 1.53. The quantitative estimate of drug-likeness (QED) is 0.582. The van der Waals surface area contributed by atoms with E-state index >= 15 is 0 Å². The predicted molar refractivity (Wildman–Crippen MR) is 112 cm³/mol. The molecule has 1 heterocycles. The van der Waals surface area contributed by atoms with Gasteiger partial charge in [0.1, 0.15) is 0 Å². The second kappa shape index (κ2) is 9.62. The van der Waals surface area contributed by atoms with Crippen LogP contribution in [-0.2, 0) is 9.53 Å². The number of nitrogens with one attached hydrogen (secondary N) is 1. The zero-order valence-corrected chi connectivity index (χ0v) is 16.7. The van der Waals surface area contributed by atoms with E-state index in [2.05, 4.69) is 17.1 Å². The molecule has 1 amide bonds. The lowest BCUT2D eigenvalue weighted by Gasteiger charge is -2.32. The van der Waals surface area contributed by atoms with Crippen LogP contribution in [0.25, 0.3) is 0 Å². The molecule has 3 rings (SSSR count). The monoisotopic (exact) mass is 382 g/mol. The average molecular weight is 383 g/mol. The van der Waals surface area contributed by atoms with Crippen molar-refractivity contribution in [3.05, 3.63) is 70.8 Å². The number of ether oxygens (including phenoxy) is 1. The molecule has 2 aromatic carbocycles. The van der Waals surface area contributed by atoms with Crippen LogP contribution in [0.4, 0.5) is 5.69 Å². The number of hydrogen-bond acceptors (Lipinski definition) is 4. The number of anilines is 1. The minimum absolute atomic E-state index is 0.0592. The molecule has 5 heteroatoms. The van der Waals surface area contributed by atoms with E-state index in [0.717, 1.165) is 40.7 Å². The van der Waals surface area contributed by atoms with E-state index in [4.69, 9.17) is 4.74 Å². The highest BCUT2D eigenvalue weighted by Crippen LogP contribution is 2.32. The van der Waals surface area contributed by atoms with Crippen molar-refractivity contribution in [1.29, 1.82) is 0 Å². The highest BCUT2D eigenvalue weighted by atomic mass is 32.2. The summed E-state index contributed by atoms with van der Waals surface area (Å²) in [7, 11) is 0.